The first-order chi connectivity index (χ1) is 9.60. The second kappa shape index (κ2) is 6.56. The molecular formula is C15H23N3O3. The van der Waals surface area contributed by atoms with E-state index in [2.05, 4.69) is 15.5 Å². The van der Waals surface area contributed by atoms with Crippen LogP contribution >= 0.6 is 0 Å². The largest absolute Gasteiger partial charge is 0.479 e. The van der Waals surface area contributed by atoms with Crippen LogP contribution in [0, 0.1) is 5.41 Å². The Kier molecular flexibility index (Phi) is 5.29. The fraction of sp³-hybridized carbons (Fsp3) is 0.533. The molecule has 1 aromatic heterocycles. The van der Waals surface area contributed by atoms with Crippen LogP contribution in [0.15, 0.2) is 18.2 Å². The van der Waals surface area contributed by atoms with E-state index in [1.807, 2.05) is 34.6 Å². The number of carboxylic acid groups (broad SMARTS) is 1. The van der Waals surface area contributed by atoms with Crippen molar-refractivity contribution in [1.29, 1.82) is 0 Å². The number of H-pyrrole nitrogens is 1. The SMILES string of the molecule is CC(C)c1cc(C(=O)NC(/C=C/C(C)(C)C)C(=O)O)n[nH]1. The Balaban J connectivity index is 2.81. The summed E-state index contributed by atoms with van der Waals surface area (Å²) in [7, 11) is 0. The highest BCUT2D eigenvalue weighted by Gasteiger charge is 2.20. The van der Waals surface area contributed by atoms with Gasteiger partial charge < -0.3 is 10.4 Å². The maximum atomic E-state index is 12.0. The molecule has 6 nitrogen and oxygen atoms in total. The van der Waals surface area contributed by atoms with E-state index >= 15 is 0 Å². The zero-order chi connectivity index (χ0) is 16.2. The van der Waals surface area contributed by atoms with Crippen LogP contribution in [0.1, 0.15) is 56.7 Å². The number of hydrogen-bond acceptors (Lipinski definition) is 3. The number of aromatic nitrogens is 2. The van der Waals surface area contributed by atoms with Crippen molar-refractivity contribution >= 4 is 11.9 Å². The van der Waals surface area contributed by atoms with Crippen molar-refractivity contribution in [3.63, 3.8) is 0 Å². The molecule has 0 saturated carbocycles. The third-order valence-corrected chi connectivity index (χ3v) is 2.79. The Hall–Kier alpha value is -2.11. The number of allylic oxidation sites excluding steroid dienone is 1. The normalized spacial score (nSPS) is 13.6. The molecule has 1 unspecified atom stereocenters. The maximum Gasteiger partial charge on any atom is 0.330 e. The van der Waals surface area contributed by atoms with E-state index in [0.717, 1.165) is 5.69 Å². The molecule has 1 atom stereocenters. The molecule has 0 fully saturated rings. The van der Waals surface area contributed by atoms with Gasteiger partial charge in [0.15, 0.2) is 0 Å². The van der Waals surface area contributed by atoms with Crippen molar-refractivity contribution in [2.24, 2.45) is 5.41 Å². The first-order valence-electron chi connectivity index (χ1n) is 6.88. The molecule has 0 radical (unpaired) electrons. The summed E-state index contributed by atoms with van der Waals surface area (Å²) in [6.07, 6.45) is 3.24. The number of nitrogens with zero attached hydrogens (tertiary/aromatic N) is 1. The number of amides is 1. The van der Waals surface area contributed by atoms with Crippen LogP contribution in [-0.4, -0.2) is 33.2 Å². The first-order valence-corrected chi connectivity index (χ1v) is 6.88. The lowest BCUT2D eigenvalue weighted by molar-refractivity contribution is -0.137. The molecule has 0 bridgehead atoms. The average molecular weight is 293 g/mol. The van der Waals surface area contributed by atoms with Gasteiger partial charge in [0, 0.05) is 5.69 Å². The van der Waals surface area contributed by atoms with Crippen LogP contribution in [0.5, 0.6) is 0 Å². The van der Waals surface area contributed by atoms with Crippen LogP contribution in [-0.2, 0) is 4.79 Å². The average Bonchev–Trinajstić information content (AvgIpc) is 2.82. The van der Waals surface area contributed by atoms with Gasteiger partial charge in [0.1, 0.15) is 11.7 Å². The Morgan fingerprint density at radius 2 is 2.00 bits per heavy atom. The van der Waals surface area contributed by atoms with Gasteiger partial charge in [-0.2, -0.15) is 5.10 Å². The van der Waals surface area contributed by atoms with E-state index < -0.39 is 17.9 Å². The molecule has 0 saturated heterocycles. The molecule has 0 spiro atoms. The highest BCUT2D eigenvalue weighted by atomic mass is 16.4. The number of rotatable bonds is 5. The highest BCUT2D eigenvalue weighted by Crippen LogP contribution is 2.15. The van der Waals surface area contributed by atoms with E-state index in [4.69, 9.17) is 5.11 Å². The molecule has 3 N–H and O–H groups in total. The molecule has 0 aliphatic heterocycles. The molecule has 1 rings (SSSR count). The van der Waals surface area contributed by atoms with Crippen molar-refractivity contribution in [1.82, 2.24) is 15.5 Å². The molecule has 1 heterocycles. The number of aliphatic carboxylic acids is 1. The lowest BCUT2D eigenvalue weighted by Gasteiger charge is -2.14. The van der Waals surface area contributed by atoms with E-state index in [-0.39, 0.29) is 17.0 Å². The number of carbonyl (C=O) groups excluding carboxylic acids is 1. The molecule has 0 aliphatic carbocycles. The number of aromatic amines is 1. The molecule has 21 heavy (non-hydrogen) atoms. The zero-order valence-corrected chi connectivity index (χ0v) is 13.1. The summed E-state index contributed by atoms with van der Waals surface area (Å²) >= 11 is 0. The van der Waals surface area contributed by atoms with Gasteiger partial charge in [0.2, 0.25) is 0 Å². The predicted molar refractivity (Wildman–Crippen MR) is 80.2 cm³/mol. The standard InChI is InChI=1S/C15H23N3O3/c1-9(2)11-8-12(18-17-11)13(19)16-10(14(20)21)6-7-15(3,4)5/h6-10H,1-5H3,(H,16,19)(H,17,18)(H,20,21)/b7-6+. The highest BCUT2D eigenvalue weighted by molar-refractivity contribution is 5.95. The van der Waals surface area contributed by atoms with Crippen LogP contribution in [0.3, 0.4) is 0 Å². The van der Waals surface area contributed by atoms with Crippen LogP contribution in [0.4, 0.5) is 0 Å². The Morgan fingerprint density at radius 3 is 2.43 bits per heavy atom. The summed E-state index contributed by atoms with van der Waals surface area (Å²) in [5.74, 6) is -1.40. The molecule has 1 amide bonds. The lowest BCUT2D eigenvalue weighted by Crippen LogP contribution is -2.39. The minimum absolute atomic E-state index is 0.157. The van der Waals surface area contributed by atoms with Gasteiger partial charge in [-0.1, -0.05) is 46.8 Å². The van der Waals surface area contributed by atoms with E-state index in [1.54, 1.807) is 12.1 Å². The van der Waals surface area contributed by atoms with Gasteiger partial charge in [-0.05, 0) is 17.4 Å². The summed E-state index contributed by atoms with van der Waals surface area (Å²) in [4.78, 5) is 23.2. The summed E-state index contributed by atoms with van der Waals surface area (Å²) in [5, 5.41) is 18.3. The van der Waals surface area contributed by atoms with E-state index in [1.165, 1.54) is 6.08 Å². The monoisotopic (exact) mass is 293 g/mol. The number of hydrogen-bond donors (Lipinski definition) is 3. The number of carbonyl (C=O) groups is 2. The fourth-order valence-electron chi connectivity index (χ4n) is 1.54. The van der Waals surface area contributed by atoms with Crippen LogP contribution < -0.4 is 5.32 Å². The summed E-state index contributed by atoms with van der Waals surface area (Å²) < 4.78 is 0. The van der Waals surface area contributed by atoms with Crippen LogP contribution in [0.2, 0.25) is 0 Å². The van der Waals surface area contributed by atoms with Crippen molar-refractivity contribution < 1.29 is 14.7 Å². The molecule has 6 heteroatoms. The zero-order valence-electron chi connectivity index (χ0n) is 13.1. The topological polar surface area (TPSA) is 95.1 Å². The minimum Gasteiger partial charge on any atom is -0.479 e. The predicted octanol–water partition coefficient (Wildman–Crippen LogP) is 2.32. The van der Waals surface area contributed by atoms with Crippen LogP contribution in [0.25, 0.3) is 0 Å². The molecule has 1 aromatic rings. The second-order valence-corrected chi connectivity index (χ2v) is 6.38. The molecule has 0 aliphatic rings. The van der Waals surface area contributed by atoms with E-state index in [0.29, 0.717) is 0 Å². The fourth-order valence-corrected chi connectivity index (χ4v) is 1.54. The van der Waals surface area contributed by atoms with Crippen molar-refractivity contribution in [3.8, 4) is 0 Å². The summed E-state index contributed by atoms with van der Waals surface area (Å²) in [6, 6.07) is 0.558. The van der Waals surface area contributed by atoms with Gasteiger partial charge in [0.25, 0.3) is 5.91 Å². The molecule has 116 valence electrons. The van der Waals surface area contributed by atoms with Crippen molar-refractivity contribution in [2.45, 2.75) is 46.6 Å². The maximum absolute atomic E-state index is 12.0. The van der Waals surface area contributed by atoms with Gasteiger partial charge in [-0.3, -0.25) is 9.89 Å². The van der Waals surface area contributed by atoms with Crippen molar-refractivity contribution in [3.05, 3.63) is 29.6 Å². The smallest absolute Gasteiger partial charge is 0.330 e. The second-order valence-electron chi connectivity index (χ2n) is 6.38. The van der Waals surface area contributed by atoms with Gasteiger partial charge in [-0.15, -0.1) is 0 Å². The summed E-state index contributed by atoms with van der Waals surface area (Å²) in [5.41, 5.74) is 0.863. The lowest BCUT2D eigenvalue weighted by atomic mass is 9.95. The Morgan fingerprint density at radius 1 is 1.38 bits per heavy atom. The third-order valence-electron chi connectivity index (χ3n) is 2.79. The molecular weight excluding hydrogens is 270 g/mol. The first kappa shape index (κ1) is 16.9. The minimum atomic E-state index is -1.11. The summed E-state index contributed by atoms with van der Waals surface area (Å²) in [6.45, 7) is 9.80. The Labute approximate surface area is 124 Å². The third kappa shape index (κ3) is 5.41. The number of nitrogens with one attached hydrogen (secondary N) is 2. The van der Waals surface area contributed by atoms with Gasteiger partial charge in [0.05, 0.1) is 0 Å². The van der Waals surface area contributed by atoms with Gasteiger partial charge >= 0.3 is 5.97 Å². The number of carboxylic acids is 1. The Bertz CT molecular complexity index is 539. The molecule has 0 aromatic carbocycles. The van der Waals surface area contributed by atoms with Crippen molar-refractivity contribution in [2.75, 3.05) is 0 Å². The quantitative estimate of drug-likeness (QED) is 0.726. The van der Waals surface area contributed by atoms with Gasteiger partial charge in [-0.25, -0.2) is 4.79 Å². The van der Waals surface area contributed by atoms with E-state index in [9.17, 15) is 9.59 Å².